The molecule has 2 heterocycles. The van der Waals surface area contributed by atoms with Gasteiger partial charge in [0.2, 0.25) is 5.91 Å². The Bertz CT molecular complexity index is 947. The lowest BCUT2D eigenvalue weighted by Crippen LogP contribution is -2.38. The highest BCUT2D eigenvalue weighted by molar-refractivity contribution is 7.22. The summed E-state index contributed by atoms with van der Waals surface area (Å²) in [4.78, 5) is 19.2. The van der Waals surface area contributed by atoms with Crippen LogP contribution in [0.5, 0.6) is 0 Å². The number of para-hydroxylation sites is 2. The molecule has 1 aliphatic heterocycles. The number of anilines is 2. The first kappa shape index (κ1) is 17.0. The summed E-state index contributed by atoms with van der Waals surface area (Å²) in [7, 11) is 0. The van der Waals surface area contributed by atoms with Crippen LogP contribution in [0, 0.1) is 18.7 Å². The van der Waals surface area contributed by atoms with E-state index in [1.807, 2.05) is 37.3 Å². The molecule has 4 nitrogen and oxygen atoms in total. The summed E-state index contributed by atoms with van der Waals surface area (Å²) >= 11 is 1.51. The zero-order chi connectivity index (χ0) is 18.1. The summed E-state index contributed by atoms with van der Waals surface area (Å²) in [6.07, 6.45) is 1.55. The van der Waals surface area contributed by atoms with E-state index in [1.165, 1.54) is 17.4 Å². The van der Waals surface area contributed by atoms with Gasteiger partial charge in [-0.3, -0.25) is 4.79 Å². The van der Waals surface area contributed by atoms with Gasteiger partial charge in [-0.15, -0.1) is 0 Å². The van der Waals surface area contributed by atoms with Crippen molar-refractivity contribution in [1.82, 2.24) is 4.98 Å². The van der Waals surface area contributed by atoms with Crippen molar-refractivity contribution in [1.29, 1.82) is 0 Å². The van der Waals surface area contributed by atoms with Crippen molar-refractivity contribution in [3.8, 4) is 0 Å². The molecule has 0 saturated carbocycles. The number of benzene rings is 2. The van der Waals surface area contributed by atoms with E-state index >= 15 is 0 Å². The molecule has 134 valence electrons. The largest absolute Gasteiger partial charge is 0.348 e. The van der Waals surface area contributed by atoms with Crippen LogP contribution in [-0.4, -0.2) is 24.0 Å². The van der Waals surface area contributed by atoms with E-state index in [2.05, 4.69) is 15.2 Å². The zero-order valence-corrected chi connectivity index (χ0v) is 15.4. The van der Waals surface area contributed by atoms with Crippen LogP contribution in [0.1, 0.15) is 18.4 Å². The first-order valence-electron chi connectivity index (χ1n) is 8.78. The van der Waals surface area contributed by atoms with Crippen molar-refractivity contribution in [2.45, 2.75) is 19.8 Å². The van der Waals surface area contributed by atoms with Crippen LogP contribution in [0.25, 0.3) is 10.2 Å². The Balaban J connectivity index is 1.41. The molecule has 0 aliphatic carbocycles. The number of carbonyl (C=O) groups excluding carboxylic acids is 1. The standard InChI is InChI=1S/C20H20FN3OS/c1-13-5-2-3-7-16(13)22-19(25)14-9-11-24(12-10-14)20-23-18-15(21)6-4-8-17(18)26-20/h2-8,14H,9-12H2,1H3,(H,22,25). The molecule has 1 N–H and O–H groups in total. The van der Waals surface area contributed by atoms with Crippen molar-refractivity contribution >= 4 is 38.3 Å². The zero-order valence-electron chi connectivity index (χ0n) is 14.5. The van der Waals surface area contributed by atoms with Crippen molar-refractivity contribution in [2.24, 2.45) is 5.92 Å². The highest BCUT2D eigenvalue weighted by Gasteiger charge is 2.27. The van der Waals surface area contributed by atoms with Crippen LogP contribution in [0.4, 0.5) is 15.2 Å². The number of thiazole rings is 1. The van der Waals surface area contributed by atoms with Gasteiger partial charge in [0.25, 0.3) is 0 Å². The molecule has 0 atom stereocenters. The Morgan fingerprint density at radius 1 is 1.19 bits per heavy atom. The minimum atomic E-state index is -0.280. The van der Waals surface area contributed by atoms with Gasteiger partial charge in [0.05, 0.1) is 4.70 Å². The maximum Gasteiger partial charge on any atom is 0.227 e. The Morgan fingerprint density at radius 3 is 2.69 bits per heavy atom. The molecule has 26 heavy (non-hydrogen) atoms. The minimum absolute atomic E-state index is 0.00281. The summed E-state index contributed by atoms with van der Waals surface area (Å²) in [5.74, 6) is -0.205. The molecule has 0 bridgehead atoms. The van der Waals surface area contributed by atoms with Gasteiger partial charge in [-0.1, -0.05) is 35.6 Å². The van der Waals surface area contributed by atoms with Crippen LogP contribution in [0.2, 0.25) is 0 Å². The molecule has 1 amide bonds. The van der Waals surface area contributed by atoms with Crippen molar-refractivity contribution in [2.75, 3.05) is 23.3 Å². The fourth-order valence-electron chi connectivity index (χ4n) is 3.32. The molecule has 1 aromatic heterocycles. The number of halogens is 1. The third-order valence-electron chi connectivity index (χ3n) is 4.90. The molecule has 0 unspecified atom stereocenters. The number of hydrogen-bond donors (Lipinski definition) is 1. The highest BCUT2D eigenvalue weighted by atomic mass is 32.1. The molecule has 1 fully saturated rings. The molecule has 4 rings (SSSR count). The minimum Gasteiger partial charge on any atom is -0.348 e. The van der Waals surface area contributed by atoms with Gasteiger partial charge < -0.3 is 10.2 Å². The second-order valence-corrected chi connectivity index (χ2v) is 7.66. The summed E-state index contributed by atoms with van der Waals surface area (Å²) in [5.41, 5.74) is 2.38. The Morgan fingerprint density at radius 2 is 1.96 bits per heavy atom. The molecule has 1 saturated heterocycles. The van der Waals surface area contributed by atoms with E-state index in [1.54, 1.807) is 6.07 Å². The number of hydrogen-bond acceptors (Lipinski definition) is 4. The normalized spacial score (nSPS) is 15.4. The first-order chi connectivity index (χ1) is 12.6. The van der Waals surface area contributed by atoms with Crippen LogP contribution in [-0.2, 0) is 4.79 Å². The van der Waals surface area contributed by atoms with Crippen molar-refractivity contribution in [3.05, 3.63) is 53.8 Å². The van der Waals surface area contributed by atoms with E-state index in [0.29, 0.717) is 5.52 Å². The highest BCUT2D eigenvalue weighted by Crippen LogP contribution is 2.32. The van der Waals surface area contributed by atoms with Crippen molar-refractivity contribution in [3.63, 3.8) is 0 Å². The number of aryl methyl sites for hydroxylation is 1. The van der Waals surface area contributed by atoms with E-state index in [9.17, 15) is 9.18 Å². The smallest absolute Gasteiger partial charge is 0.227 e. The van der Waals surface area contributed by atoms with E-state index in [4.69, 9.17) is 0 Å². The van der Waals surface area contributed by atoms with E-state index in [-0.39, 0.29) is 17.6 Å². The molecule has 3 aromatic rings. The number of aromatic nitrogens is 1. The van der Waals surface area contributed by atoms with Gasteiger partial charge in [0, 0.05) is 24.7 Å². The molecule has 0 spiro atoms. The second-order valence-electron chi connectivity index (χ2n) is 6.65. The van der Waals surface area contributed by atoms with Gasteiger partial charge in [0.1, 0.15) is 11.3 Å². The van der Waals surface area contributed by atoms with Gasteiger partial charge in [0.15, 0.2) is 5.13 Å². The van der Waals surface area contributed by atoms with Gasteiger partial charge in [-0.05, 0) is 43.5 Å². The van der Waals surface area contributed by atoms with E-state index < -0.39 is 0 Å². The third-order valence-corrected chi connectivity index (χ3v) is 5.98. The Labute approximate surface area is 155 Å². The lowest BCUT2D eigenvalue weighted by atomic mass is 9.96. The number of piperidine rings is 1. The quantitative estimate of drug-likeness (QED) is 0.734. The number of fused-ring (bicyclic) bond motifs is 1. The topological polar surface area (TPSA) is 45.2 Å². The average Bonchev–Trinajstić information content (AvgIpc) is 3.09. The number of amides is 1. The number of nitrogens with zero attached hydrogens (tertiary/aromatic N) is 2. The first-order valence-corrected chi connectivity index (χ1v) is 9.60. The van der Waals surface area contributed by atoms with E-state index in [0.717, 1.165) is 47.0 Å². The fraction of sp³-hybridized carbons (Fsp3) is 0.300. The summed E-state index contributed by atoms with van der Waals surface area (Å²) in [6, 6.07) is 12.8. The SMILES string of the molecule is Cc1ccccc1NC(=O)C1CCN(c2nc3c(F)cccc3s2)CC1. The Hall–Kier alpha value is -2.47. The molecular weight excluding hydrogens is 349 g/mol. The van der Waals surface area contributed by atoms with Crippen LogP contribution in [0.3, 0.4) is 0 Å². The molecule has 6 heteroatoms. The summed E-state index contributed by atoms with van der Waals surface area (Å²) in [5, 5.41) is 3.88. The average molecular weight is 369 g/mol. The maximum atomic E-state index is 13.8. The monoisotopic (exact) mass is 369 g/mol. The second kappa shape index (κ2) is 7.03. The summed E-state index contributed by atoms with van der Waals surface area (Å²) < 4.78 is 14.7. The lowest BCUT2D eigenvalue weighted by Gasteiger charge is -2.31. The number of carbonyl (C=O) groups is 1. The van der Waals surface area contributed by atoms with Crippen LogP contribution < -0.4 is 10.2 Å². The van der Waals surface area contributed by atoms with Gasteiger partial charge in [-0.2, -0.15) is 0 Å². The third kappa shape index (κ3) is 3.29. The maximum absolute atomic E-state index is 13.8. The summed E-state index contributed by atoms with van der Waals surface area (Å²) in [6.45, 7) is 3.51. The van der Waals surface area contributed by atoms with Crippen LogP contribution in [0.15, 0.2) is 42.5 Å². The fourth-order valence-corrected chi connectivity index (χ4v) is 4.35. The molecule has 0 radical (unpaired) electrons. The van der Waals surface area contributed by atoms with Gasteiger partial charge >= 0.3 is 0 Å². The Kier molecular flexibility index (Phi) is 4.59. The molecule has 2 aromatic carbocycles. The van der Waals surface area contributed by atoms with Crippen LogP contribution >= 0.6 is 11.3 Å². The predicted octanol–water partition coefficient (Wildman–Crippen LogP) is 4.60. The van der Waals surface area contributed by atoms with Gasteiger partial charge in [-0.25, -0.2) is 9.37 Å². The lowest BCUT2D eigenvalue weighted by molar-refractivity contribution is -0.120. The van der Waals surface area contributed by atoms with Crippen molar-refractivity contribution < 1.29 is 9.18 Å². The number of nitrogens with one attached hydrogen (secondary N) is 1. The molecular formula is C20H20FN3OS. The molecule has 1 aliphatic rings. The number of rotatable bonds is 3. The predicted molar refractivity (Wildman–Crippen MR) is 104 cm³/mol.